The number of likely N-dealkylation sites (tertiary alicyclic amines) is 1. The number of amides is 1. The van der Waals surface area contributed by atoms with Crippen molar-refractivity contribution in [3.05, 3.63) is 0 Å². The molecule has 1 N–H and O–H groups in total. The van der Waals surface area contributed by atoms with Crippen molar-refractivity contribution >= 4 is 6.09 Å². The molecule has 0 spiro atoms. The van der Waals surface area contributed by atoms with Crippen LogP contribution in [0.25, 0.3) is 0 Å². The van der Waals surface area contributed by atoms with Gasteiger partial charge in [-0.3, -0.25) is 0 Å². The Morgan fingerprint density at radius 3 is 2.00 bits per heavy atom. The largest absolute Gasteiger partial charge is 0.465 e. The topological polar surface area (TPSA) is 40.5 Å². The van der Waals surface area contributed by atoms with Crippen molar-refractivity contribution in [3.63, 3.8) is 0 Å². The van der Waals surface area contributed by atoms with Crippen molar-refractivity contribution in [3.8, 4) is 0 Å². The van der Waals surface area contributed by atoms with Gasteiger partial charge in [0.2, 0.25) is 0 Å². The van der Waals surface area contributed by atoms with Gasteiger partial charge in [0.05, 0.1) is 0 Å². The van der Waals surface area contributed by atoms with Crippen molar-refractivity contribution < 1.29 is 9.90 Å². The highest BCUT2D eigenvalue weighted by atomic mass is 16.4. The van der Waals surface area contributed by atoms with Crippen LogP contribution in [0.4, 0.5) is 4.79 Å². The molecular weight excluding hydrogens is 154 g/mol. The van der Waals surface area contributed by atoms with Crippen LogP contribution in [0.5, 0.6) is 0 Å². The van der Waals surface area contributed by atoms with Gasteiger partial charge in [-0.25, -0.2) is 4.79 Å². The van der Waals surface area contributed by atoms with E-state index >= 15 is 0 Å². The lowest BCUT2D eigenvalue weighted by Crippen LogP contribution is -2.45. The summed E-state index contributed by atoms with van der Waals surface area (Å²) in [4.78, 5) is 12.2. The van der Waals surface area contributed by atoms with E-state index in [4.69, 9.17) is 5.11 Å². The van der Waals surface area contributed by atoms with Crippen molar-refractivity contribution in [1.82, 2.24) is 4.90 Å². The third-order valence-corrected chi connectivity index (χ3v) is 3.08. The molecule has 1 saturated heterocycles. The van der Waals surface area contributed by atoms with E-state index in [9.17, 15) is 4.79 Å². The molecule has 70 valence electrons. The minimum Gasteiger partial charge on any atom is -0.465 e. The van der Waals surface area contributed by atoms with Crippen LogP contribution in [-0.4, -0.2) is 29.2 Å². The fourth-order valence-electron chi connectivity index (χ4n) is 1.82. The summed E-state index contributed by atoms with van der Waals surface area (Å²) < 4.78 is 0. The van der Waals surface area contributed by atoms with Crippen molar-refractivity contribution in [2.45, 2.75) is 20.8 Å². The Morgan fingerprint density at radius 1 is 1.25 bits per heavy atom. The number of carbonyl (C=O) groups is 1. The molecule has 1 fully saturated rings. The van der Waals surface area contributed by atoms with E-state index in [1.54, 1.807) is 0 Å². The van der Waals surface area contributed by atoms with E-state index in [1.807, 2.05) is 0 Å². The van der Waals surface area contributed by atoms with Crippen LogP contribution in [0.1, 0.15) is 20.8 Å². The van der Waals surface area contributed by atoms with E-state index in [0.29, 0.717) is 30.8 Å². The Kier molecular flexibility index (Phi) is 2.60. The van der Waals surface area contributed by atoms with Crippen molar-refractivity contribution in [2.24, 2.45) is 17.8 Å². The van der Waals surface area contributed by atoms with Crippen molar-refractivity contribution in [1.29, 1.82) is 0 Å². The van der Waals surface area contributed by atoms with Crippen molar-refractivity contribution in [2.75, 3.05) is 13.1 Å². The Hall–Kier alpha value is -0.730. The van der Waals surface area contributed by atoms with Gasteiger partial charge in [0, 0.05) is 13.1 Å². The molecule has 2 atom stereocenters. The predicted molar refractivity (Wildman–Crippen MR) is 47.1 cm³/mol. The molecule has 0 saturated carbocycles. The molecule has 1 heterocycles. The lowest BCUT2D eigenvalue weighted by Gasteiger charge is -2.38. The summed E-state index contributed by atoms with van der Waals surface area (Å²) in [6.45, 7) is 7.84. The standard InChI is InChI=1S/C9H17NO2/c1-6-4-10(9(11)12)5-7(2)8(6)3/h6-8H,4-5H2,1-3H3,(H,11,12). The van der Waals surface area contributed by atoms with Crippen LogP contribution >= 0.6 is 0 Å². The minimum absolute atomic E-state index is 0.491. The molecular formula is C9H17NO2. The van der Waals surface area contributed by atoms with Crippen LogP contribution in [-0.2, 0) is 0 Å². The average molecular weight is 171 g/mol. The number of carboxylic acid groups (broad SMARTS) is 1. The molecule has 0 bridgehead atoms. The molecule has 0 aromatic rings. The monoisotopic (exact) mass is 171 g/mol. The number of rotatable bonds is 0. The number of nitrogens with zero attached hydrogens (tertiary/aromatic N) is 1. The van der Waals surface area contributed by atoms with Gasteiger partial charge in [0.1, 0.15) is 0 Å². The summed E-state index contributed by atoms with van der Waals surface area (Å²) in [5.74, 6) is 1.62. The molecule has 1 rings (SSSR count). The second-order valence-electron chi connectivity index (χ2n) is 4.00. The van der Waals surface area contributed by atoms with Gasteiger partial charge in [-0.1, -0.05) is 20.8 Å². The van der Waals surface area contributed by atoms with Gasteiger partial charge in [0.15, 0.2) is 0 Å². The SMILES string of the molecule is CC1CN(C(=O)O)CC(C)C1C. The Labute approximate surface area is 73.4 Å². The molecule has 0 aliphatic carbocycles. The molecule has 3 heteroatoms. The highest BCUT2D eigenvalue weighted by Crippen LogP contribution is 2.27. The zero-order valence-electron chi connectivity index (χ0n) is 7.95. The Bertz CT molecular complexity index is 169. The molecule has 0 aromatic carbocycles. The van der Waals surface area contributed by atoms with E-state index in [2.05, 4.69) is 20.8 Å². The first-order chi connectivity index (χ1) is 5.52. The fourth-order valence-corrected chi connectivity index (χ4v) is 1.82. The highest BCUT2D eigenvalue weighted by Gasteiger charge is 2.30. The summed E-state index contributed by atoms with van der Waals surface area (Å²) in [7, 11) is 0. The molecule has 0 radical (unpaired) electrons. The van der Waals surface area contributed by atoms with Gasteiger partial charge in [-0.2, -0.15) is 0 Å². The van der Waals surface area contributed by atoms with Gasteiger partial charge in [-0.05, 0) is 17.8 Å². The lowest BCUT2D eigenvalue weighted by atomic mass is 9.81. The third-order valence-electron chi connectivity index (χ3n) is 3.08. The summed E-state index contributed by atoms with van der Waals surface area (Å²) in [5.41, 5.74) is 0. The summed E-state index contributed by atoms with van der Waals surface area (Å²) in [6.07, 6.45) is -0.777. The predicted octanol–water partition coefficient (Wildman–Crippen LogP) is 1.89. The first-order valence-electron chi connectivity index (χ1n) is 4.50. The van der Waals surface area contributed by atoms with Crippen LogP contribution in [0, 0.1) is 17.8 Å². The molecule has 1 amide bonds. The van der Waals surface area contributed by atoms with Gasteiger partial charge in [-0.15, -0.1) is 0 Å². The molecule has 12 heavy (non-hydrogen) atoms. The molecule has 1 aliphatic heterocycles. The van der Waals surface area contributed by atoms with Crippen LogP contribution in [0.15, 0.2) is 0 Å². The van der Waals surface area contributed by atoms with Crippen LogP contribution in [0.3, 0.4) is 0 Å². The fraction of sp³-hybridized carbons (Fsp3) is 0.889. The van der Waals surface area contributed by atoms with E-state index in [-0.39, 0.29) is 0 Å². The number of hydrogen-bond donors (Lipinski definition) is 1. The second-order valence-corrected chi connectivity index (χ2v) is 4.00. The maximum absolute atomic E-state index is 10.7. The van der Waals surface area contributed by atoms with E-state index < -0.39 is 6.09 Å². The van der Waals surface area contributed by atoms with Crippen LogP contribution in [0.2, 0.25) is 0 Å². The minimum atomic E-state index is -0.777. The second kappa shape index (κ2) is 3.33. The smallest absolute Gasteiger partial charge is 0.407 e. The number of hydrogen-bond acceptors (Lipinski definition) is 1. The van der Waals surface area contributed by atoms with Gasteiger partial charge < -0.3 is 10.0 Å². The summed E-state index contributed by atoms with van der Waals surface area (Å²) in [6, 6.07) is 0. The van der Waals surface area contributed by atoms with E-state index in [1.165, 1.54) is 4.90 Å². The van der Waals surface area contributed by atoms with Gasteiger partial charge >= 0.3 is 6.09 Å². The maximum atomic E-state index is 10.7. The summed E-state index contributed by atoms with van der Waals surface area (Å²) in [5, 5.41) is 8.79. The number of piperidine rings is 1. The molecule has 0 aromatic heterocycles. The first kappa shape index (κ1) is 9.36. The average Bonchev–Trinajstić information content (AvgIpc) is 1.99. The van der Waals surface area contributed by atoms with E-state index in [0.717, 1.165) is 0 Å². The molecule has 2 unspecified atom stereocenters. The van der Waals surface area contributed by atoms with Gasteiger partial charge in [0.25, 0.3) is 0 Å². The Morgan fingerprint density at radius 2 is 1.67 bits per heavy atom. The Balaban J connectivity index is 2.59. The highest BCUT2D eigenvalue weighted by molar-refractivity contribution is 5.65. The molecule has 1 aliphatic rings. The summed E-state index contributed by atoms with van der Waals surface area (Å²) >= 11 is 0. The normalized spacial score (nSPS) is 36.6. The zero-order valence-corrected chi connectivity index (χ0v) is 7.95. The third kappa shape index (κ3) is 1.71. The maximum Gasteiger partial charge on any atom is 0.407 e. The first-order valence-corrected chi connectivity index (χ1v) is 4.50. The quantitative estimate of drug-likeness (QED) is 0.604. The zero-order chi connectivity index (χ0) is 9.30. The molecule has 3 nitrogen and oxygen atoms in total. The lowest BCUT2D eigenvalue weighted by molar-refractivity contribution is 0.0774. The van der Waals surface area contributed by atoms with Crippen LogP contribution < -0.4 is 0 Å².